The Hall–Kier alpha value is -4.42. The highest BCUT2D eigenvalue weighted by Gasteiger charge is 2.48. The van der Waals surface area contributed by atoms with Gasteiger partial charge in [-0.1, -0.05) is 48.2 Å². The van der Waals surface area contributed by atoms with Crippen molar-refractivity contribution in [3.8, 4) is 17.2 Å². The summed E-state index contributed by atoms with van der Waals surface area (Å²) in [6.45, 7) is 2.52. The average molecular weight is 608 g/mol. The first-order valence-corrected chi connectivity index (χ1v) is 14.7. The maximum atomic E-state index is 13.5. The molecule has 1 atom stereocenters. The van der Waals surface area contributed by atoms with Crippen LogP contribution in [0, 0.1) is 5.82 Å². The van der Waals surface area contributed by atoms with Crippen molar-refractivity contribution >= 4 is 45.7 Å². The lowest BCUT2D eigenvalue weighted by atomic mass is 9.95. The molecule has 0 bridgehead atoms. The van der Waals surface area contributed by atoms with Crippen LogP contribution in [0.25, 0.3) is 5.76 Å². The number of Topliss-reactive ketones (excluding diaryl/α,β-unsaturated/α-hetero) is 1. The van der Waals surface area contributed by atoms with E-state index in [1.807, 2.05) is 6.92 Å². The predicted molar refractivity (Wildman–Crippen MR) is 158 cm³/mol. The zero-order valence-electron chi connectivity index (χ0n) is 22.6. The predicted octanol–water partition coefficient (Wildman–Crippen LogP) is 6.10. The Balaban J connectivity index is 1.53. The number of phenolic OH excluding ortho intramolecular Hbond substituents is 1. The third kappa shape index (κ3) is 5.95. The first kappa shape index (κ1) is 29.1. The lowest BCUT2D eigenvalue weighted by Crippen LogP contribution is -2.29. The summed E-state index contributed by atoms with van der Waals surface area (Å²) in [5.41, 5.74) is 1.45. The number of benzene rings is 3. The van der Waals surface area contributed by atoms with Gasteiger partial charge in [0.1, 0.15) is 17.3 Å². The highest BCUT2D eigenvalue weighted by molar-refractivity contribution is 8.00. The van der Waals surface area contributed by atoms with E-state index in [-0.39, 0.29) is 33.8 Å². The van der Waals surface area contributed by atoms with Gasteiger partial charge in [-0.05, 0) is 66.1 Å². The molecule has 1 aromatic heterocycles. The average Bonchev–Trinajstić information content (AvgIpc) is 3.57. The topological polar surface area (TPSA) is 122 Å². The molecule has 0 aliphatic carbocycles. The molecule has 2 heterocycles. The van der Waals surface area contributed by atoms with E-state index in [2.05, 4.69) is 10.2 Å². The zero-order chi connectivity index (χ0) is 29.8. The molecule has 0 radical (unpaired) electrons. The second-order valence-corrected chi connectivity index (χ2v) is 11.4. The van der Waals surface area contributed by atoms with Crippen molar-refractivity contribution in [2.75, 3.05) is 18.6 Å². The molecular formula is C30H26FN3O6S2. The van der Waals surface area contributed by atoms with Crippen LogP contribution in [0.3, 0.4) is 0 Å². The quantitative estimate of drug-likeness (QED) is 0.0724. The van der Waals surface area contributed by atoms with Crippen LogP contribution in [0.1, 0.15) is 36.1 Å². The number of hydrogen-bond acceptors (Lipinski definition) is 10. The number of anilines is 1. The number of aromatic nitrogens is 2. The van der Waals surface area contributed by atoms with Crippen LogP contribution in [0.2, 0.25) is 0 Å². The molecule has 12 heteroatoms. The van der Waals surface area contributed by atoms with Crippen molar-refractivity contribution in [1.82, 2.24) is 10.2 Å². The molecule has 5 rings (SSSR count). The maximum Gasteiger partial charge on any atom is 0.301 e. The first-order chi connectivity index (χ1) is 20.3. The molecule has 0 spiro atoms. The number of thioether (sulfide) groups is 1. The lowest BCUT2D eigenvalue weighted by Gasteiger charge is -2.23. The van der Waals surface area contributed by atoms with Crippen molar-refractivity contribution in [2.24, 2.45) is 0 Å². The van der Waals surface area contributed by atoms with Gasteiger partial charge in [0.25, 0.3) is 5.78 Å². The van der Waals surface area contributed by atoms with E-state index < -0.39 is 17.7 Å². The van der Waals surface area contributed by atoms with Crippen molar-refractivity contribution < 1.29 is 33.7 Å². The minimum Gasteiger partial charge on any atom is -0.507 e. The third-order valence-electron chi connectivity index (χ3n) is 6.44. The molecule has 1 fully saturated rings. The summed E-state index contributed by atoms with van der Waals surface area (Å²) in [5, 5.41) is 30.1. The van der Waals surface area contributed by atoms with Crippen molar-refractivity contribution in [1.29, 1.82) is 0 Å². The van der Waals surface area contributed by atoms with E-state index in [1.165, 1.54) is 48.0 Å². The minimum atomic E-state index is -1.08. The Labute approximate surface area is 249 Å². The number of rotatable bonds is 10. The molecule has 1 aliphatic rings. The largest absolute Gasteiger partial charge is 0.507 e. The van der Waals surface area contributed by atoms with E-state index in [0.29, 0.717) is 33.6 Å². The molecule has 1 saturated heterocycles. The zero-order valence-corrected chi connectivity index (χ0v) is 24.2. The minimum absolute atomic E-state index is 0.128. The fraction of sp³-hybridized carbons (Fsp3) is 0.200. The summed E-state index contributed by atoms with van der Waals surface area (Å²) in [6, 6.07) is 16.0. The normalized spacial score (nSPS) is 16.2. The number of ketones is 1. The molecule has 2 N–H and O–H groups in total. The van der Waals surface area contributed by atoms with Gasteiger partial charge in [-0.25, -0.2) is 4.39 Å². The third-order valence-corrected chi connectivity index (χ3v) is 8.57. The molecule has 0 saturated carbocycles. The van der Waals surface area contributed by atoms with Gasteiger partial charge in [-0.2, -0.15) is 0 Å². The van der Waals surface area contributed by atoms with Crippen molar-refractivity contribution in [2.45, 2.75) is 29.5 Å². The Kier molecular flexibility index (Phi) is 8.74. The molecule has 9 nitrogen and oxygen atoms in total. The number of aliphatic hydroxyl groups is 1. The first-order valence-electron chi connectivity index (χ1n) is 12.9. The molecule has 1 aliphatic heterocycles. The molecule has 4 aromatic rings. The summed E-state index contributed by atoms with van der Waals surface area (Å²) in [7, 11) is 1.38. The Morgan fingerprint density at radius 2 is 1.81 bits per heavy atom. The highest BCUT2D eigenvalue weighted by atomic mass is 32.2. The van der Waals surface area contributed by atoms with E-state index >= 15 is 0 Å². The molecule has 42 heavy (non-hydrogen) atoms. The number of halogens is 1. The Morgan fingerprint density at radius 1 is 1.07 bits per heavy atom. The summed E-state index contributed by atoms with van der Waals surface area (Å²) in [4.78, 5) is 28.1. The van der Waals surface area contributed by atoms with Gasteiger partial charge >= 0.3 is 5.91 Å². The van der Waals surface area contributed by atoms with Gasteiger partial charge in [0.05, 0.1) is 25.3 Å². The van der Waals surface area contributed by atoms with Crippen LogP contribution < -0.4 is 14.4 Å². The number of aliphatic hydroxyl groups excluding tert-OH is 1. The number of nitrogens with zero attached hydrogens (tertiary/aromatic N) is 3. The number of carbonyl (C=O) groups excluding carboxylic acids is 2. The monoisotopic (exact) mass is 607 g/mol. The van der Waals surface area contributed by atoms with Crippen LogP contribution in [0.5, 0.6) is 17.2 Å². The van der Waals surface area contributed by atoms with Crippen LogP contribution in [-0.2, 0) is 15.3 Å². The standard InChI is InChI=1S/C30H26FN3O6S2/c1-3-14-40-21-11-6-18(7-12-21)26(36)24-25(19-8-13-22(35)23(15-19)39-2)34(28(38)27(24)37)29-32-33-30(42-29)41-16-17-4-9-20(31)10-5-17/h4-13,15,25,35-36H,3,14,16H2,1-2H3/b26-24-. The van der Waals surface area contributed by atoms with Gasteiger partial charge in [0.2, 0.25) is 5.13 Å². The summed E-state index contributed by atoms with van der Waals surface area (Å²) in [6.07, 6.45) is 0.833. The number of ether oxygens (including phenoxy) is 2. The van der Waals surface area contributed by atoms with Gasteiger partial charge < -0.3 is 19.7 Å². The Morgan fingerprint density at radius 3 is 2.50 bits per heavy atom. The second-order valence-electron chi connectivity index (χ2n) is 9.24. The van der Waals surface area contributed by atoms with Crippen LogP contribution in [0.4, 0.5) is 9.52 Å². The fourth-order valence-electron chi connectivity index (χ4n) is 4.38. The summed E-state index contributed by atoms with van der Waals surface area (Å²) < 4.78 is 24.7. The van der Waals surface area contributed by atoms with Crippen LogP contribution in [-0.4, -0.2) is 45.8 Å². The van der Waals surface area contributed by atoms with E-state index in [0.717, 1.165) is 23.3 Å². The molecule has 3 aromatic carbocycles. The molecular weight excluding hydrogens is 581 g/mol. The Bertz CT molecular complexity index is 1640. The number of carbonyl (C=O) groups is 2. The number of methoxy groups -OCH3 is 1. The number of aromatic hydroxyl groups is 1. The van der Waals surface area contributed by atoms with E-state index in [1.54, 1.807) is 42.5 Å². The summed E-state index contributed by atoms with van der Waals surface area (Å²) >= 11 is 2.46. The SMILES string of the molecule is CCCOc1ccc(/C(O)=C2/C(=O)C(=O)N(c3nnc(SCc4ccc(F)cc4)s3)C2c2ccc(O)c(OC)c2)cc1. The maximum absolute atomic E-state index is 13.5. The second kappa shape index (κ2) is 12.6. The fourth-order valence-corrected chi connectivity index (χ4v) is 6.20. The smallest absolute Gasteiger partial charge is 0.301 e. The van der Waals surface area contributed by atoms with E-state index in [9.17, 15) is 24.2 Å². The number of amides is 1. The lowest BCUT2D eigenvalue weighted by molar-refractivity contribution is -0.132. The number of phenols is 1. The van der Waals surface area contributed by atoms with Gasteiger partial charge in [0, 0.05) is 11.3 Å². The molecule has 1 unspecified atom stereocenters. The van der Waals surface area contributed by atoms with Crippen LogP contribution >= 0.6 is 23.1 Å². The van der Waals surface area contributed by atoms with Crippen molar-refractivity contribution in [3.63, 3.8) is 0 Å². The summed E-state index contributed by atoms with van der Waals surface area (Å²) in [5.74, 6) is -1.39. The highest BCUT2D eigenvalue weighted by Crippen LogP contribution is 2.45. The van der Waals surface area contributed by atoms with Gasteiger partial charge in [-0.15, -0.1) is 10.2 Å². The molecule has 1 amide bonds. The van der Waals surface area contributed by atoms with Crippen LogP contribution in [0.15, 0.2) is 76.6 Å². The number of hydrogen-bond donors (Lipinski definition) is 2. The van der Waals surface area contributed by atoms with Crippen molar-refractivity contribution in [3.05, 3.63) is 94.8 Å². The van der Waals surface area contributed by atoms with Gasteiger partial charge in [0.15, 0.2) is 15.8 Å². The molecule has 216 valence electrons. The van der Waals surface area contributed by atoms with Gasteiger partial charge in [-0.3, -0.25) is 14.5 Å². The van der Waals surface area contributed by atoms with E-state index in [4.69, 9.17) is 9.47 Å².